The normalized spacial score (nSPS) is 12.0. The van der Waals surface area contributed by atoms with Crippen LogP contribution in [0.15, 0.2) is 35.8 Å². The van der Waals surface area contributed by atoms with Crippen LogP contribution < -0.4 is 0 Å². The summed E-state index contributed by atoms with van der Waals surface area (Å²) in [5.74, 6) is 0. The van der Waals surface area contributed by atoms with Gasteiger partial charge >= 0.3 is 0 Å². The van der Waals surface area contributed by atoms with Gasteiger partial charge in [-0.25, -0.2) is 0 Å². The first-order valence-electron chi connectivity index (χ1n) is 3.81. The van der Waals surface area contributed by atoms with E-state index in [0.717, 1.165) is 4.91 Å². The van der Waals surface area contributed by atoms with Crippen molar-refractivity contribution in [3.8, 4) is 0 Å². The molecule has 0 unspecified atom stereocenters. The molecule has 1 heteroatoms. The molecule has 0 saturated heterocycles. The summed E-state index contributed by atoms with van der Waals surface area (Å²) in [6.45, 7) is 10.2. The highest BCUT2D eigenvalue weighted by molar-refractivity contribution is 8.03. The van der Waals surface area contributed by atoms with Crippen molar-refractivity contribution in [1.29, 1.82) is 0 Å². The van der Waals surface area contributed by atoms with Crippen molar-refractivity contribution in [2.24, 2.45) is 0 Å². The van der Waals surface area contributed by atoms with E-state index >= 15 is 0 Å². The van der Waals surface area contributed by atoms with Gasteiger partial charge in [-0.2, -0.15) is 0 Å². The maximum absolute atomic E-state index is 3.91. The van der Waals surface area contributed by atoms with E-state index in [-0.39, 0.29) is 0 Å². The summed E-state index contributed by atoms with van der Waals surface area (Å²) in [5.41, 5.74) is 0. The number of allylic oxidation sites excluding steroid dienone is 4. The lowest BCUT2D eigenvalue weighted by atomic mass is 10.4. The zero-order chi connectivity index (χ0) is 8.69. The van der Waals surface area contributed by atoms with E-state index in [2.05, 4.69) is 20.4 Å². The molecule has 0 aliphatic rings. The minimum Gasteiger partial charge on any atom is -0.124 e. The Morgan fingerprint density at radius 1 is 1.36 bits per heavy atom. The molecular formula is C10H16S. The molecule has 0 nitrogen and oxygen atoms in total. The van der Waals surface area contributed by atoms with Gasteiger partial charge in [0.2, 0.25) is 0 Å². The van der Waals surface area contributed by atoms with Gasteiger partial charge < -0.3 is 0 Å². The van der Waals surface area contributed by atoms with E-state index in [4.69, 9.17) is 0 Å². The van der Waals surface area contributed by atoms with Crippen molar-refractivity contribution < 1.29 is 0 Å². The second-order valence-corrected chi connectivity index (χ2v) is 4.22. The fourth-order valence-electron chi connectivity index (χ4n) is 0.616. The summed E-state index contributed by atoms with van der Waals surface area (Å²) in [5, 5.41) is 0.623. The third kappa shape index (κ3) is 7.47. The Morgan fingerprint density at radius 3 is 2.45 bits per heavy atom. The van der Waals surface area contributed by atoms with Gasteiger partial charge in [0.15, 0.2) is 0 Å². The summed E-state index contributed by atoms with van der Waals surface area (Å²) in [4.78, 5) is 1.12. The maximum Gasteiger partial charge on any atom is 0.00375 e. The lowest BCUT2D eigenvalue weighted by molar-refractivity contribution is 1.12. The fraction of sp³-hybridized carbons (Fsp3) is 0.400. The first-order chi connectivity index (χ1) is 5.16. The van der Waals surface area contributed by atoms with Gasteiger partial charge in [-0.3, -0.25) is 0 Å². The van der Waals surface area contributed by atoms with Gasteiger partial charge in [-0.05, 0) is 13.0 Å². The molecule has 0 atom stereocenters. The smallest absolute Gasteiger partial charge is 0.00375 e. The molecule has 0 amide bonds. The van der Waals surface area contributed by atoms with Gasteiger partial charge in [0.05, 0.1) is 0 Å². The van der Waals surface area contributed by atoms with Crippen LogP contribution in [0.5, 0.6) is 0 Å². The summed E-state index contributed by atoms with van der Waals surface area (Å²) >= 11 is 1.79. The maximum atomic E-state index is 3.91. The molecular weight excluding hydrogens is 152 g/mol. The summed E-state index contributed by atoms with van der Waals surface area (Å²) in [6, 6.07) is 0. The van der Waals surface area contributed by atoms with Crippen LogP contribution in [0.1, 0.15) is 20.8 Å². The number of hydrogen-bond acceptors (Lipinski definition) is 1. The second kappa shape index (κ2) is 6.29. The highest BCUT2D eigenvalue weighted by Gasteiger charge is 1.93. The lowest BCUT2D eigenvalue weighted by Crippen LogP contribution is -1.84. The SMILES string of the molecule is C=C(/C=C\C=C/C)SC(C)C. The molecule has 0 bridgehead atoms. The molecule has 62 valence electrons. The Balaban J connectivity index is 3.69. The Kier molecular flexibility index (Phi) is 6.05. The molecule has 0 heterocycles. The Hall–Kier alpha value is -0.430. The summed E-state index contributed by atoms with van der Waals surface area (Å²) in [6.07, 6.45) is 8.05. The van der Waals surface area contributed by atoms with E-state index in [1.54, 1.807) is 11.8 Å². The predicted octanol–water partition coefficient (Wildman–Crippen LogP) is 3.77. The molecule has 0 N–H and O–H groups in total. The van der Waals surface area contributed by atoms with E-state index in [1.807, 2.05) is 31.2 Å². The highest BCUT2D eigenvalue weighted by Crippen LogP contribution is 2.19. The van der Waals surface area contributed by atoms with Crippen LogP contribution in [-0.2, 0) is 0 Å². The number of hydrogen-bond donors (Lipinski definition) is 0. The lowest BCUT2D eigenvalue weighted by Gasteiger charge is -2.01. The Bertz CT molecular complexity index is 164. The first-order valence-corrected chi connectivity index (χ1v) is 4.69. The van der Waals surface area contributed by atoms with Crippen LogP contribution in [0.2, 0.25) is 0 Å². The molecule has 0 aromatic heterocycles. The van der Waals surface area contributed by atoms with Crippen molar-refractivity contribution >= 4 is 11.8 Å². The fourth-order valence-corrected chi connectivity index (χ4v) is 1.38. The van der Waals surface area contributed by atoms with Gasteiger partial charge in [0, 0.05) is 10.2 Å². The molecule has 0 radical (unpaired) electrons. The van der Waals surface area contributed by atoms with Crippen molar-refractivity contribution in [3.63, 3.8) is 0 Å². The molecule has 11 heavy (non-hydrogen) atoms. The van der Waals surface area contributed by atoms with Crippen molar-refractivity contribution in [2.45, 2.75) is 26.0 Å². The van der Waals surface area contributed by atoms with Crippen LogP contribution in [0, 0.1) is 0 Å². The van der Waals surface area contributed by atoms with Crippen molar-refractivity contribution in [1.82, 2.24) is 0 Å². The van der Waals surface area contributed by atoms with E-state index in [9.17, 15) is 0 Å². The number of rotatable bonds is 4. The van der Waals surface area contributed by atoms with E-state index < -0.39 is 0 Å². The molecule has 0 aliphatic carbocycles. The molecule has 0 spiro atoms. The largest absolute Gasteiger partial charge is 0.124 e. The van der Waals surface area contributed by atoms with E-state index in [0.29, 0.717) is 5.25 Å². The van der Waals surface area contributed by atoms with Crippen LogP contribution in [0.4, 0.5) is 0 Å². The monoisotopic (exact) mass is 168 g/mol. The van der Waals surface area contributed by atoms with Crippen LogP contribution in [0.3, 0.4) is 0 Å². The van der Waals surface area contributed by atoms with Crippen molar-refractivity contribution in [3.05, 3.63) is 35.8 Å². The molecule has 0 rings (SSSR count). The minimum absolute atomic E-state index is 0.623. The molecule has 0 aromatic carbocycles. The molecule has 0 aliphatic heterocycles. The van der Waals surface area contributed by atoms with Crippen molar-refractivity contribution in [2.75, 3.05) is 0 Å². The van der Waals surface area contributed by atoms with Gasteiger partial charge in [0.1, 0.15) is 0 Å². The molecule has 0 saturated carbocycles. The van der Waals surface area contributed by atoms with Crippen LogP contribution >= 0.6 is 11.8 Å². The summed E-state index contributed by atoms with van der Waals surface area (Å²) < 4.78 is 0. The Morgan fingerprint density at radius 2 is 2.00 bits per heavy atom. The van der Waals surface area contributed by atoms with E-state index in [1.165, 1.54) is 0 Å². The number of thioether (sulfide) groups is 1. The standard InChI is InChI=1S/C10H16S/c1-5-6-7-8-10(4)11-9(2)3/h5-9H,4H2,1-3H3/b6-5-,8-7-. The average molecular weight is 168 g/mol. The quantitative estimate of drug-likeness (QED) is 0.576. The Labute approximate surface area is 74.1 Å². The minimum atomic E-state index is 0.623. The van der Waals surface area contributed by atoms with Gasteiger partial charge in [0.25, 0.3) is 0 Å². The average Bonchev–Trinajstić information content (AvgIpc) is 1.86. The predicted molar refractivity (Wildman–Crippen MR) is 55.8 cm³/mol. The summed E-state index contributed by atoms with van der Waals surface area (Å²) in [7, 11) is 0. The highest BCUT2D eigenvalue weighted by atomic mass is 32.2. The zero-order valence-corrected chi connectivity index (χ0v) is 8.32. The van der Waals surface area contributed by atoms with Crippen LogP contribution in [0.25, 0.3) is 0 Å². The third-order valence-electron chi connectivity index (χ3n) is 0.973. The molecule has 0 aromatic rings. The topological polar surface area (TPSA) is 0 Å². The van der Waals surface area contributed by atoms with Gasteiger partial charge in [-0.15, -0.1) is 11.8 Å². The van der Waals surface area contributed by atoms with Gasteiger partial charge in [-0.1, -0.05) is 38.7 Å². The van der Waals surface area contributed by atoms with Crippen LogP contribution in [-0.4, -0.2) is 5.25 Å². The second-order valence-electron chi connectivity index (χ2n) is 2.52. The zero-order valence-electron chi connectivity index (χ0n) is 7.50. The first kappa shape index (κ1) is 10.6. The molecule has 0 fully saturated rings. The third-order valence-corrected chi connectivity index (χ3v) is 1.88.